The van der Waals surface area contributed by atoms with E-state index in [9.17, 15) is 0 Å². The zero-order chi connectivity index (χ0) is 9.52. The van der Waals surface area contributed by atoms with Crippen molar-refractivity contribution < 1.29 is 4.74 Å². The number of nitrogens with zero attached hydrogens (tertiary/aromatic N) is 1. The second kappa shape index (κ2) is 5.94. The average Bonchev–Trinajstić information content (AvgIpc) is 2.60. The molecule has 0 saturated heterocycles. The van der Waals surface area contributed by atoms with Gasteiger partial charge in [-0.2, -0.15) is 0 Å². The van der Waals surface area contributed by atoms with E-state index in [-0.39, 0.29) is 0 Å². The lowest BCUT2D eigenvalue weighted by Crippen LogP contribution is -2.08. The minimum Gasteiger partial charge on any atom is -0.380 e. The van der Waals surface area contributed by atoms with E-state index in [2.05, 4.69) is 22.6 Å². The maximum atomic E-state index is 5.20. The molecule has 1 N–H and O–H groups in total. The van der Waals surface area contributed by atoms with Gasteiger partial charge in [-0.15, -0.1) is 11.3 Å². The van der Waals surface area contributed by atoms with Crippen LogP contribution in [0.5, 0.6) is 0 Å². The SMILES string of the molecule is CCOCCNc1nc(CC)cs1. The third-order valence-electron chi connectivity index (χ3n) is 1.64. The van der Waals surface area contributed by atoms with Gasteiger partial charge in [-0.1, -0.05) is 6.92 Å². The molecule has 1 aromatic heterocycles. The van der Waals surface area contributed by atoms with Gasteiger partial charge in [0, 0.05) is 18.5 Å². The fraction of sp³-hybridized carbons (Fsp3) is 0.667. The predicted molar refractivity (Wildman–Crippen MR) is 56.5 cm³/mol. The third-order valence-corrected chi connectivity index (χ3v) is 2.49. The molecule has 0 aliphatic rings. The quantitative estimate of drug-likeness (QED) is 0.714. The Kier molecular flexibility index (Phi) is 4.78. The summed E-state index contributed by atoms with van der Waals surface area (Å²) in [6.07, 6.45) is 1.00. The van der Waals surface area contributed by atoms with Crippen molar-refractivity contribution in [3.05, 3.63) is 11.1 Å². The highest BCUT2D eigenvalue weighted by atomic mass is 32.1. The second-order valence-electron chi connectivity index (χ2n) is 2.62. The fourth-order valence-electron chi connectivity index (χ4n) is 0.925. The highest BCUT2D eigenvalue weighted by Crippen LogP contribution is 2.14. The van der Waals surface area contributed by atoms with Crippen molar-refractivity contribution >= 4 is 16.5 Å². The summed E-state index contributed by atoms with van der Waals surface area (Å²) in [4.78, 5) is 4.38. The molecular weight excluding hydrogens is 184 g/mol. The van der Waals surface area contributed by atoms with Crippen LogP contribution in [0.1, 0.15) is 19.5 Å². The summed E-state index contributed by atoms with van der Waals surface area (Å²) >= 11 is 1.65. The third kappa shape index (κ3) is 3.74. The standard InChI is InChI=1S/C9H16N2OS/c1-3-8-7-13-9(11-8)10-5-6-12-4-2/h7H,3-6H2,1-2H3,(H,10,11). The van der Waals surface area contributed by atoms with E-state index in [1.807, 2.05) is 6.92 Å². The fourth-order valence-corrected chi connectivity index (χ4v) is 1.75. The van der Waals surface area contributed by atoms with Crippen LogP contribution in [0.15, 0.2) is 5.38 Å². The van der Waals surface area contributed by atoms with E-state index in [0.29, 0.717) is 0 Å². The Morgan fingerprint density at radius 2 is 2.38 bits per heavy atom. The van der Waals surface area contributed by atoms with Crippen molar-refractivity contribution in [2.45, 2.75) is 20.3 Å². The molecule has 0 unspecified atom stereocenters. The van der Waals surface area contributed by atoms with Gasteiger partial charge in [-0.3, -0.25) is 0 Å². The van der Waals surface area contributed by atoms with Crippen LogP contribution in [0.25, 0.3) is 0 Å². The lowest BCUT2D eigenvalue weighted by atomic mass is 10.4. The van der Waals surface area contributed by atoms with E-state index in [0.717, 1.165) is 37.0 Å². The summed E-state index contributed by atoms with van der Waals surface area (Å²) in [6, 6.07) is 0. The number of nitrogens with one attached hydrogen (secondary N) is 1. The maximum absolute atomic E-state index is 5.20. The monoisotopic (exact) mass is 200 g/mol. The van der Waals surface area contributed by atoms with Crippen LogP contribution >= 0.6 is 11.3 Å². The molecular formula is C9H16N2OS. The first kappa shape index (κ1) is 10.5. The molecule has 0 atom stereocenters. The van der Waals surface area contributed by atoms with Crippen molar-refractivity contribution in [2.24, 2.45) is 0 Å². The van der Waals surface area contributed by atoms with Crippen LogP contribution in [-0.2, 0) is 11.2 Å². The van der Waals surface area contributed by atoms with Crippen LogP contribution in [-0.4, -0.2) is 24.7 Å². The van der Waals surface area contributed by atoms with Crippen LogP contribution < -0.4 is 5.32 Å². The number of aromatic nitrogens is 1. The van der Waals surface area contributed by atoms with E-state index in [1.54, 1.807) is 11.3 Å². The van der Waals surface area contributed by atoms with Crippen molar-refractivity contribution in [1.29, 1.82) is 0 Å². The molecule has 1 heterocycles. The Balaban J connectivity index is 2.20. The molecule has 13 heavy (non-hydrogen) atoms. The summed E-state index contributed by atoms with van der Waals surface area (Å²) in [5.41, 5.74) is 1.16. The molecule has 74 valence electrons. The molecule has 0 aliphatic carbocycles. The lowest BCUT2D eigenvalue weighted by Gasteiger charge is -2.01. The van der Waals surface area contributed by atoms with Gasteiger partial charge in [0.1, 0.15) is 0 Å². The number of rotatable bonds is 6. The first-order valence-electron chi connectivity index (χ1n) is 4.62. The van der Waals surface area contributed by atoms with Gasteiger partial charge in [-0.25, -0.2) is 4.98 Å². The molecule has 0 spiro atoms. The Morgan fingerprint density at radius 1 is 1.54 bits per heavy atom. The summed E-state index contributed by atoms with van der Waals surface area (Å²) < 4.78 is 5.20. The van der Waals surface area contributed by atoms with Gasteiger partial charge in [0.05, 0.1) is 12.3 Å². The zero-order valence-corrected chi connectivity index (χ0v) is 8.99. The Morgan fingerprint density at radius 3 is 3.00 bits per heavy atom. The van der Waals surface area contributed by atoms with Gasteiger partial charge in [-0.05, 0) is 13.3 Å². The molecule has 0 fully saturated rings. The second-order valence-corrected chi connectivity index (χ2v) is 3.48. The Hall–Kier alpha value is -0.610. The Labute approximate surface area is 83.1 Å². The van der Waals surface area contributed by atoms with Gasteiger partial charge >= 0.3 is 0 Å². The van der Waals surface area contributed by atoms with Crippen LogP contribution in [0.4, 0.5) is 5.13 Å². The van der Waals surface area contributed by atoms with Crippen molar-refractivity contribution in [2.75, 3.05) is 25.1 Å². The Bertz CT molecular complexity index is 237. The molecule has 0 aliphatic heterocycles. The van der Waals surface area contributed by atoms with Gasteiger partial charge in [0.15, 0.2) is 5.13 Å². The molecule has 1 aromatic rings. The maximum Gasteiger partial charge on any atom is 0.182 e. The van der Waals surface area contributed by atoms with Gasteiger partial charge < -0.3 is 10.1 Å². The first-order chi connectivity index (χ1) is 6.36. The van der Waals surface area contributed by atoms with Crippen molar-refractivity contribution in [1.82, 2.24) is 4.98 Å². The molecule has 0 amide bonds. The number of thiazole rings is 1. The summed E-state index contributed by atoms with van der Waals surface area (Å²) in [7, 11) is 0. The number of hydrogen-bond acceptors (Lipinski definition) is 4. The normalized spacial score (nSPS) is 10.3. The lowest BCUT2D eigenvalue weighted by molar-refractivity contribution is 0.158. The van der Waals surface area contributed by atoms with Crippen LogP contribution in [0.3, 0.4) is 0 Å². The van der Waals surface area contributed by atoms with Crippen molar-refractivity contribution in [3.63, 3.8) is 0 Å². The van der Waals surface area contributed by atoms with E-state index in [4.69, 9.17) is 4.74 Å². The minimum atomic E-state index is 0.748. The minimum absolute atomic E-state index is 0.748. The molecule has 4 heteroatoms. The molecule has 0 radical (unpaired) electrons. The number of anilines is 1. The smallest absolute Gasteiger partial charge is 0.182 e. The van der Waals surface area contributed by atoms with Gasteiger partial charge in [0.2, 0.25) is 0 Å². The summed E-state index contributed by atoms with van der Waals surface area (Å²) in [6.45, 7) is 6.47. The number of hydrogen-bond donors (Lipinski definition) is 1. The molecule has 3 nitrogen and oxygen atoms in total. The van der Waals surface area contributed by atoms with E-state index in [1.165, 1.54) is 0 Å². The topological polar surface area (TPSA) is 34.1 Å². The van der Waals surface area contributed by atoms with Crippen LogP contribution in [0, 0.1) is 0 Å². The van der Waals surface area contributed by atoms with Crippen molar-refractivity contribution in [3.8, 4) is 0 Å². The highest BCUT2D eigenvalue weighted by Gasteiger charge is 1.97. The zero-order valence-electron chi connectivity index (χ0n) is 8.17. The number of ether oxygens (including phenoxy) is 1. The molecule has 0 saturated carbocycles. The average molecular weight is 200 g/mol. The van der Waals surface area contributed by atoms with Gasteiger partial charge in [0.25, 0.3) is 0 Å². The summed E-state index contributed by atoms with van der Waals surface area (Å²) in [5.74, 6) is 0. The molecule has 0 aromatic carbocycles. The van der Waals surface area contributed by atoms with E-state index < -0.39 is 0 Å². The van der Waals surface area contributed by atoms with E-state index >= 15 is 0 Å². The first-order valence-corrected chi connectivity index (χ1v) is 5.50. The molecule has 0 bridgehead atoms. The largest absolute Gasteiger partial charge is 0.380 e. The highest BCUT2D eigenvalue weighted by molar-refractivity contribution is 7.13. The predicted octanol–water partition coefficient (Wildman–Crippen LogP) is 2.15. The van der Waals surface area contributed by atoms with Crippen LogP contribution in [0.2, 0.25) is 0 Å². The molecule has 1 rings (SSSR count). The summed E-state index contributed by atoms with van der Waals surface area (Å²) in [5, 5.41) is 6.30. The number of aryl methyl sites for hydroxylation is 1.